The fraction of sp³-hybridized carbons (Fsp3) is 0.353. The highest BCUT2D eigenvalue weighted by atomic mass is 19.1. The molecule has 1 heterocycles. The summed E-state index contributed by atoms with van der Waals surface area (Å²) in [4.78, 5) is 38.3. The van der Waals surface area contributed by atoms with E-state index >= 15 is 0 Å². The zero-order chi connectivity index (χ0) is 17.0. The maximum atomic E-state index is 13.0. The zero-order valence-electron chi connectivity index (χ0n) is 12.9. The second-order valence-electron chi connectivity index (χ2n) is 5.59. The van der Waals surface area contributed by atoms with E-state index in [0.29, 0.717) is 12.8 Å². The van der Waals surface area contributed by atoms with Crippen LogP contribution in [0.4, 0.5) is 4.39 Å². The smallest absolute Gasteiger partial charge is 0.321 e. The lowest BCUT2D eigenvalue weighted by atomic mass is 9.80. The largest absolute Gasteiger partial charge is 0.461 e. The van der Waals surface area contributed by atoms with E-state index < -0.39 is 29.0 Å². The fourth-order valence-corrected chi connectivity index (χ4v) is 2.52. The highest BCUT2D eigenvalue weighted by Crippen LogP contribution is 2.33. The molecule has 1 aromatic carbocycles. The summed E-state index contributed by atoms with van der Waals surface area (Å²) in [6, 6.07) is 4.93. The van der Waals surface area contributed by atoms with E-state index in [4.69, 9.17) is 4.74 Å². The van der Waals surface area contributed by atoms with Crippen LogP contribution >= 0.6 is 0 Å². The summed E-state index contributed by atoms with van der Waals surface area (Å²) in [7, 11) is 0. The van der Waals surface area contributed by atoms with Gasteiger partial charge >= 0.3 is 5.97 Å². The van der Waals surface area contributed by atoms with Gasteiger partial charge in [0, 0.05) is 12.1 Å². The minimum absolute atomic E-state index is 0.00755. The molecular formula is C17H18FNO4. The van der Waals surface area contributed by atoms with E-state index in [-0.39, 0.29) is 18.7 Å². The van der Waals surface area contributed by atoms with Crippen LogP contribution in [0.5, 0.6) is 0 Å². The van der Waals surface area contributed by atoms with Gasteiger partial charge in [-0.15, -0.1) is 0 Å². The number of rotatable bonds is 4. The lowest BCUT2D eigenvalue weighted by Gasteiger charge is -2.36. The van der Waals surface area contributed by atoms with Gasteiger partial charge in [0.05, 0.1) is 0 Å². The summed E-state index contributed by atoms with van der Waals surface area (Å²) in [5.74, 6) is -2.27. The number of ether oxygens (including phenoxy) is 1. The first kappa shape index (κ1) is 16.9. The molecule has 0 radical (unpaired) electrons. The Labute approximate surface area is 133 Å². The van der Waals surface area contributed by atoms with Gasteiger partial charge in [0.25, 0.3) is 5.91 Å². The number of imide groups is 1. The number of halogens is 1. The van der Waals surface area contributed by atoms with Gasteiger partial charge in [0.1, 0.15) is 17.8 Å². The van der Waals surface area contributed by atoms with E-state index in [1.807, 2.05) is 0 Å². The number of nitrogens with zero attached hydrogens (tertiary/aromatic N) is 1. The third-order valence-electron chi connectivity index (χ3n) is 3.89. The van der Waals surface area contributed by atoms with Gasteiger partial charge in [-0.1, -0.05) is 12.7 Å². The third-order valence-corrected chi connectivity index (χ3v) is 3.89. The molecule has 1 saturated heterocycles. The SMILES string of the molecule is C=CCOC(=O)C1(C)CCCN(C(=O)c2ccc(F)cc2)C1=O. The molecule has 122 valence electrons. The average molecular weight is 319 g/mol. The molecule has 1 aliphatic rings. The average Bonchev–Trinajstić information content (AvgIpc) is 2.55. The van der Waals surface area contributed by atoms with E-state index in [2.05, 4.69) is 6.58 Å². The number of esters is 1. The van der Waals surface area contributed by atoms with Crippen LogP contribution in [0.3, 0.4) is 0 Å². The molecule has 2 amide bonds. The molecule has 0 aliphatic carbocycles. The number of hydrogen-bond acceptors (Lipinski definition) is 4. The van der Waals surface area contributed by atoms with Crippen LogP contribution in [0.1, 0.15) is 30.1 Å². The summed E-state index contributed by atoms with van der Waals surface area (Å²) < 4.78 is 17.9. The highest BCUT2D eigenvalue weighted by molar-refractivity contribution is 6.12. The topological polar surface area (TPSA) is 63.7 Å². The highest BCUT2D eigenvalue weighted by Gasteiger charge is 2.49. The summed E-state index contributed by atoms with van der Waals surface area (Å²) >= 11 is 0. The maximum Gasteiger partial charge on any atom is 0.321 e. The molecule has 0 aromatic heterocycles. The predicted octanol–water partition coefficient (Wildman–Crippen LogP) is 2.32. The van der Waals surface area contributed by atoms with Gasteiger partial charge in [-0.2, -0.15) is 0 Å². The van der Waals surface area contributed by atoms with Crippen molar-refractivity contribution in [3.05, 3.63) is 48.3 Å². The summed E-state index contributed by atoms with van der Waals surface area (Å²) in [5, 5.41) is 0. The number of carbonyl (C=O) groups is 3. The second kappa shape index (κ2) is 6.73. The maximum absolute atomic E-state index is 13.0. The Bertz CT molecular complexity index is 640. The summed E-state index contributed by atoms with van der Waals surface area (Å²) in [6.45, 7) is 5.16. The van der Waals surface area contributed by atoms with E-state index in [1.165, 1.54) is 25.1 Å². The Hall–Kier alpha value is -2.50. The fourth-order valence-electron chi connectivity index (χ4n) is 2.52. The lowest BCUT2D eigenvalue weighted by molar-refractivity contribution is -0.165. The van der Waals surface area contributed by atoms with Crippen molar-refractivity contribution >= 4 is 17.8 Å². The molecule has 1 fully saturated rings. The molecule has 0 spiro atoms. The molecule has 23 heavy (non-hydrogen) atoms. The Morgan fingerprint density at radius 1 is 1.39 bits per heavy atom. The quantitative estimate of drug-likeness (QED) is 0.370. The summed E-state index contributed by atoms with van der Waals surface area (Å²) in [5.41, 5.74) is -1.19. The standard InChI is InChI=1S/C17H18FNO4/c1-3-11-23-16(22)17(2)9-4-10-19(15(17)21)14(20)12-5-7-13(18)8-6-12/h3,5-8H,1,4,9-11H2,2H3. The molecule has 1 atom stereocenters. The van der Waals surface area contributed by atoms with Crippen molar-refractivity contribution in [1.29, 1.82) is 0 Å². The van der Waals surface area contributed by atoms with Crippen molar-refractivity contribution in [2.45, 2.75) is 19.8 Å². The second-order valence-corrected chi connectivity index (χ2v) is 5.59. The van der Waals surface area contributed by atoms with Crippen LogP contribution in [0.15, 0.2) is 36.9 Å². The normalized spacial score (nSPS) is 21.0. The molecule has 0 N–H and O–H groups in total. The van der Waals surface area contributed by atoms with Crippen LogP contribution in [0.25, 0.3) is 0 Å². The molecule has 0 saturated carbocycles. The van der Waals surface area contributed by atoms with Crippen molar-refractivity contribution in [2.75, 3.05) is 13.2 Å². The molecule has 5 nitrogen and oxygen atoms in total. The molecule has 2 rings (SSSR count). The van der Waals surface area contributed by atoms with Crippen LogP contribution in [-0.2, 0) is 14.3 Å². The molecule has 6 heteroatoms. The van der Waals surface area contributed by atoms with E-state index in [1.54, 1.807) is 0 Å². The zero-order valence-corrected chi connectivity index (χ0v) is 12.9. The van der Waals surface area contributed by atoms with Crippen LogP contribution < -0.4 is 0 Å². The molecule has 1 aromatic rings. The predicted molar refractivity (Wildman–Crippen MR) is 80.9 cm³/mol. The van der Waals surface area contributed by atoms with Crippen molar-refractivity contribution in [3.63, 3.8) is 0 Å². The van der Waals surface area contributed by atoms with Gasteiger partial charge in [0.2, 0.25) is 5.91 Å². The number of likely N-dealkylation sites (tertiary alicyclic amines) is 1. The Balaban J connectivity index is 2.21. The van der Waals surface area contributed by atoms with Crippen molar-refractivity contribution < 1.29 is 23.5 Å². The summed E-state index contributed by atoms with van der Waals surface area (Å²) in [6.07, 6.45) is 2.23. The number of piperidine rings is 1. The minimum atomic E-state index is -1.39. The van der Waals surface area contributed by atoms with Crippen molar-refractivity contribution in [1.82, 2.24) is 4.90 Å². The minimum Gasteiger partial charge on any atom is -0.461 e. The van der Waals surface area contributed by atoms with Gasteiger partial charge in [-0.25, -0.2) is 4.39 Å². The van der Waals surface area contributed by atoms with Crippen molar-refractivity contribution in [2.24, 2.45) is 5.41 Å². The molecule has 1 aliphatic heterocycles. The first-order valence-electron chi connectivity index (χ1n) is 7.30. The Kier molecular flexibility index (Phi) is 4.93. The first-order valence-corrected chi connectivity index (χ1v) is 7.30. The van der Waals surface area contributed by atoms with Crippen LogP contribution in [0, 0.1) is 11.2 Å². The van der Waals surface area contributed by atoms with Gasteiger partial charge in [0.15, 0.2) is 0 Å². The van der Waals surface area contributed by atoms with E-state index in [9.17, 15) is 18.8 Å². The lowest BCUT2D eigenvalue weighted by Crippen LogP contribution is -2.53. The third kappa shape index (κ3) is 3.31. The number of amides is 2. The monoisotopic (exact) mass is 319 g/mol. The van der Waals surface area contributed by atoms with Crippen LogP contribution in [-0.4, -0.2) is 35.8 Å². The number of benzene rings is 1. The Morgan fingerprint density at radius 2 is 2.04 bits per heavy atom. The number of hydrogen-bond donors (Lipinski definition) is 0. The number of carbonyl (C=O) groups excluding carboxylic acids is 3. The van der Waals surface area contributed by atoms with Crippen LogP contribution in [0.2, 0.25) is 0 Å². The molecule has 0 bridgehead atoms. The Morgan fingerprint density at radius 3 is 2.65 bits per heavy atom. The van der Waals surface area contributed by atoms with Gasteiger partial charge in [-0.3, -0.25) is 19.3 Å². The molecule has 1 unspecified atom stereocenters. The van der Waals surface area contributed by atoms with Gasteiger partial charge < -0.3 is 4.74 Å². The van der Waals surface area contributed by atoms with Gasteiger partial charge in [-0.05, 0) is 44.0 Å². The van der Waals surface area contributed by atoms with Crippen molar-refractivity contribution in [3.8, 4) is 0 Å². The van der Waals surface area contributed by atoms with E-state index in [0.717, 1.165) is 17.0 Å². The first-order chi connectivity index (χ1) is 10.9. The molecular weight excluding hydrogens is 301 g/mol.